The van der Waals surface area contributed by atoms with Crippen LogP contribution in [-0.2, 0) is 0 Å². The Morgan fingerprint density at radius 3 is 2.05 bits per heavy atom. The molecule has 0 aliphatic rings. The molecule has 1 atom stereocenters. The van der Waals surface area contributed by atoms with E-state index in [0.717, 1.165) is 0 Å². The Morgan fingerprint density at radius 1 is 0.846 bits per heavy atom. The molecular formula is C30H29FO8. The molecule has 4 rings (SSSR count). The minimum atomic E-state index is -0.787. The van der Waals surface area contributed by atoms with Crippen molar-refractivity contribution in [3.63, 3.8) is 0 Å². The smallest absolute Gasteiger partial charge is 0.239 e. The van der Waals surface area contributed by atoms with E-state index in [-0.39, 0.29) is 40.2 Å². The van der Waals surface area contributed by atoms with Crippen molar-refractivity contribution in [1.82, 2.24) is 0 Å². The normalized spacial score (nSPS) is 11.7. The van der Waals surface area contributed by atoms with Crippen molar-refractivity contribution in [2.75, 3.05) is 35.5 Å². The summed E-state index contributed by atoms with van der Waals surface area (Å²) in [6.45, 7) is 7.60. The molecule has 4 aromatic rings. The van der Waals surface area contributed by atoms with Crippen LogP contribution in [0.5, 0.6) is 34.5 Å². The number of benzene rings is 3. The Balaban J connectivity index is 2.04. The first kappa shape index (κ1) is 27.6. The van der Waals surface area contributed by atoms with Crippen LogP contribution >= 0.6 is 0 Å². The molecule has 9 heteroatoms. The highest BCUT2D eigenvalue weighted by atomic mass is 19.1. The van der Waals surface area contributed by atoms with Gasteiger partial charge in [-0.1, -0.05) is 12.1 Å². The van der Waals surface area contributed by atoms with E-state index in [1.165, 1.54) is 47.7 Å². The molecule has 0 amide bonds. The first-order valence-electron chi connectivity index (χ1n) is 11.9. The molecule has 1 unspecified atom stereocenters. The number of methoxy groups -OCH3 is 5. The minimum Gasteiger partial charge on any atom is -0.496 e. The van der Waals surface area contributed by atoms with Crippen LogP contribution in [-0.4, -0.2) is 35.5 Å². The zero-order valence-corrected chi connectivity index (χ0v) is 22.4. The summed E-state index contributed by atoms with van der Waals surface area (Å²) in [5.41, 5.74) is 0.816. The summed E-state index contributed by atoms with van der Waals surface area (Å²) in [7, 11) is 7.36. The molecule has 2 radical (unpaired) electrons. The molecule has 3 aromatic carbocycles. The van der Waals surface area contributed by atoms with E-state index in [0.29, 0.717) is 34.1 Å². The molecular weight excluding hydrogens is 507 g/mol. The van der Waals surface area contributed by atoms with E-state index < -0.39 is 17.3 Å². The first-order valence-corrected chi connectivity index (χ1v) is 11.9. The highest BCUT2D eigenvalue weighted by molar-refractivity contribution is 5.89. The first-order chi connectivity index (χ1) is 18.8. The Bertz CT molecular complexity index is 1530. The van der Waals surface area contributed by atoms with E-state index in [4.69, 9.17) is 32.8 Å². The Morgan fingerprint density at radius 2 is 1.51 bits per heavy atom. The van der Waals surface area contributed by atoms with Gasteiger partial charge in [-0.25, -0.2) is 4.39 Å². The van der Waals surface area contributed by atoms with Gasteiger partial charge in [-0.15, -0.1) is 0 Å². The predicted molar refractivity (Wildman–Crippen MR) is 145 cm³/mol. The van der Waals surface area contributed by atoms with Crippen molar-refractivity contribution in [3.05, 3.63) is 83.5 Å². The lowest BCUT2D eigenvalue weighted by Crippen LogP contribution is -2.16. The third-order valence-corrected chi connectivity index (χ3v) is 6.24. The fourth-order valence-corrected chi connectivity index (χ4v) is 4.23. The Labute approximate surface area is 225 Å². The number of rotatable bonds is 10. The van der Waals surface area contributed by atoms with Crippen molar-refractivity contribution in [2.24, 2.45) is 0 Å². The van der Waals surface area contributed by atoms with Gasteiger partial charge in [0.25, 0.3) is 0 Å². The second kappa shape index (κ2) is 11.6. The Hall–Kier alpha value is -4.40. The topological polar surface area (TPSA) is 85.6 Å². The third kappa shape index (κ3) is 5.16. The SMILES string of the molecule is [CH2]CC(Oc1c(-c2cc(OC)c(OC)c(OC)c2)oc2cc(OC)cc(OC)c2c1=O)c1ccc([CH2])c(F)c1. The molecule has 0 saturated heterocycles. The van der Waals surface area contributed by atoms with Crippen molar-refractivity contribution in [1.29, 1.82) is 0 Å². The minimum absolute atomic E-state index is 0.0785. The van der Waals surface area contributed by atoms with Gasteiger partial charge in [0.1, 0.15) is 34.4 Å². The molecule has 0 N–H and O–H groups in total. The summed E-state index contributed by atoms with van der Waals surface area (Å²) >= 11 is 0. The van der Waals surface area contributed by atoms with Crippen LogP contribution < -0.4 is 33.8 Å². The zero-order valence-electron chi connectivity index (χ0n) is 22.4. The number of halogens is 1. The van der Waals surface area contributed by atoms with Crippen LogP contribution in [0.15, 0.2) is 51.7 Å². The number of fused-ring (bicyclic) bond motifs is 1. The molecule has 8 nitrogen and oxygen atoms in total. The van der Waals surface area contributed by atoms with Gasteiger partial charge < -0.3 is 32.8 Å². The summed E-state index contributed by atoms with van der Waals surface area (Å²) in [5.74, 6) is 1.14. The molecule has 1 aromatic heterocycles. The molecule has 0 bridgehead atoms. The summed E-state index contributed by atoms with van der Waals surface area (Å²) in [6.07, 6.45) is -0.604. The largest absolute Gasteiger partial charge is 0.496 e. The third-order valence-electron chi connectivity index (χ3n) is 6.24. The maximum atomic E-state index is 14.4. The lowest BCUT2D eigenvalue weighted by atomic mass is 10.0. The molecule has 39 heavy (non-hydrogen) atoms. The lowest BCUT2D eigenvalue weighted by Gasteiger charge is -2.21. The van der Waals surface area contributed by atoms with E-state index in [2.05, 4.69) is 13.8 Å². The summed E-state index contributed by atoms with van der Waals surface area (Å²) in [4.78, 5) is 14.0. The van der Waals surface area contributed by atoms with Crippen LogP contribution in [0, 0.1) is 19.7 Å². The number of ether oxygens (including phenoxy) is 6. The quantitative estimate of drug-likeness (QED) is 0.238. The van der Waals surface area contributed by atoms with Gasteiger partial charge in [-0.2, -0.15) is 0 Å². The summed E-state index contributed by atoms with van der Waals surface area (Å²) in [5, 5.41) is 0.145. The van der Waals surface area contributed by atoms with E-state index in [9.17, 15) is 9.18 Å². The van der Waals surface area contributed by atoms with E-state index in [1.807, 2.05) is 0 Å². The molecule has 1 heterocycles. The molecule has 204 valence electrons. The predicted octanol–water partition coefficient (Wildman–Crippen LogP) is 6.17. The summed E-state index contributed by atoms with van der Waals surface area (Å²) in [6, 6.07) is 10.9. The maximum absolute atomic E-state index is 14.4. The highest BCUT2D eigenvalue weighted by Gasteiger charge is 2.26. The standard InChI is InChI=1S/C30H29FO8/c1-8-21(17-10-9-16(2)20(31)11-17)38-30-27(32)26-22(34-4)14-19(33-3)15-23(26)39-28(30)18-12-24(35-5)29(37-7)25(13-18)36-6/h9-15,21H,1-2,8H2,3-7H3. The lowest BCUT2D eigenvalue weighted by molar-refractivity contribution is 0.203. The van der Waals surface area contributed by atoms with Gasteiger partial charge >= 0.3 is 0 Å². The van der Waals surface area contributed by atoms with Gasteiger partial charge in [-0.05, 0) is 49.6 Å². The van der Waals surface area contributed by atoms with Crippen molar-refractivity contribution in [3.8, 4) is 45.8 Å². The Kier molecular flexibility index (Phi) is 8.18. The van der Waals surface area contributed by atoms with Gasteiger partial charge in [0, 0.05) is 17.7 Å². The average Bonchev–Trinajstić information content (AvgIpc) is 2.96. The zero-order chi connectivity index (χ0) is 28.3. The van der Waals surface area contributed by atoms with Crippen LogP contribution in [0.25, 0.3) is 22.3 Å². The number of hydrogen-bond donors (Lipinski definition) is 0. The van der Waals surface area contributed by atoms with Crippen molar-refractivity contribution < 1.29 is 37.2 Å². The van der Waals surface area contributed by atoms with Crippen LogP contribution in [0.4, 0.5) is 4.39 Å². The van der Waals surface area contributed by atoms with Gasteiger partial charge in [-0.3, -0.25) is 4.79 Å². The van der Waals surface area contributed by atoms with Gasteiger partial charge in [0.2, 0.25) is 16.9 Å². The van der Waals surface area contributed by atoms with Gasteiger partial charge in [0.15, 0.2) is 17.3 Å². The van der Waals surface area contributed by atoms with E-state index >= 15 is 0 Å². The fraction of sp³-hybridized carbons (Fsp3) is 0.233. The second-order valence-corrected chi connectivity index (χ2v) is 8.45. The molecule has 0 fully saturated rings. The van der Waals surface area contributed by atoms with E-state index in [1.54, 1.807) is 30.3 Å². The van der Waals surface area contributed by atoms with Gasteiger partial charge in [0.05, 0.1) is 35.5 Å². The summed E-state index contributed by atoms with van der Waals surface area (Å²) < 4.78 is 54.2. The van der Waals surface area contributed by atoms with Crippen LogP contribution in [0.2, 0.25) is 0 Å². The molecule has 0 aliphatic carbocycles. The molecule has 0 spiro atoms. The fourth-order valence-electron chi connectivity index (χ4n) is 4.23. The number of hydrogen-bond acceptors (Lipinski definition) is 8. The van der Waals surface area contributed by atoms with Crippen LogP contribution in [0.3, 0.4) is 0 Å². The molecule has 0 aliphatic heterocycles. The average molecular weight is 537 g/mol. The van der Waals surface area contributed by atoms with Crippen LogP contribution in [0.1, 0.15) is 23.7 Å². The van der Waals surface area contributed by atoms with Crippen molar-refractivity contribution in [2.45, 2.75) is 12.5 Å². The monoisotopic (exact) mass is 536 g/mol. The second-order valence-electron chi connectivity index (χ2n) is 8.45. The highest BCUT2D eigenvalue weighted by Crippen LogP contribution is 2.45. The van der Waals surface area contributed by atoms with Crippen molar-refractivity contribution >= 4 is 11.0 Å². The maximum Gasteiger partial charge on any atom is 0.239 e. The molecule has 0 saturated carbocycles.